The fourth-order valence-corrected chi connectivity index (χ4v) is 3.31. The topological polar surface area (TPSA) is 44.8 Å². The summed E-state index contributed by atoms with van der Waals surface area (Å²) < 4.78 is 0. The summed E-state index contributed by atoms with van der Waals surface area (Å²) in [4.78, 5) is 15.0. The Morgan fingerprint density at radius 3 is 2.53 bits per heavy atom. The van der Waals surface area contributed by atoms with Gasteiger partial charge in [0.15, 0.2) is 0 Å². The zero-order chi connectivity index (χ0) is 13.6. The van der Waals surface area contributed by atoms with Crippen LogP contribution in [0, 0.1) is 25.7 Å². The van der Waals surface area contributed by atoms with Crippen molar-refractivity contribution in [1.29, 1.82) is 0 Å². The number of piperidine rings is 1. The van der Waals surface area contributed by atoms with E-state index < -0.39 is 0 Å². The highest BCUT2D eigenvalue weighted by atomic mass is 15.2. The summed E-state index contributed by atoms with van der Waals surface area (Å²) in [7, 11) is 0. The number of hydrogen-bond acceptors (Lipinski definition) is 3. The summed E-state index contributed by atoms with van der Waals surface area (Å²) in [5, 5.41) is 1.16. The molecule has 1 aliphatic rings. The van der Waals surface area contributed by atoms with Gasteiger partial charge in [-0.1, -0.05) is 13.8 Å². The van der Waals surface area contributed by atoms with Gasteiger partial charge < -0.3 is 9.88 Å². The first-order chi connectivity index (χ1) is 9.02. The molecule has 0 aromatic carbocycles. The van der Waals surface area contributed by atoms with E-state index in [1.807, 2.05) is 6.92 Å². The Morgan fingerprint density at radius 2 is 1.84 bits per heavy atom. The van der Waals surface area contributed by atoms with Crippen molar-refractivity contribution >= 4 is 16.9 Å². The van der Waals surface area contributed by atoms with Crippen molar-refractivity contribution in [2.75, 3.05) is 18.0 Å². The molecule has 0 aliphatic carbocycles. The minimum Gasteiger partial charge on any atom is -0.355 e. The number of aromatic nitrogens is 3. The van der Waals surface area contributed by atoms with Crippen LogP contribution >= 0.6 is 0 Å². The lowest BCUT2D eigenvalue weighted by Gasteiger charge is -2.36. The first kappa shape index (κ1) is 12.5. The van der Waals surface area contributed by atoms with Gasteiger partial charge >= 0.3 is 0 Å². The van der Waals surface area contributed by atoms with Crippen molar-refractivity contribution in [2.24, 2.45) is 11.8 Å². The van der Waals surface area contributed by atoms with E-state index in [1.54, 1.807) is 0 Å². The molecule has 2 unspecified atom stereocenters. The van der Waals surface area contributed by atoms with Crippen LogP contribution < -0.4 is 4.90 Å². The number of nitrogens with zero attached hydrogens (tertiary/aromatic N) is 3. The Labute approximate surface area is 114 Å². The Bertz CT molecular complexity index is 591. The van der Waals surface area contributed by atoms with Crippen molar-refractivity contribution < 1.29 is 0 Å². The summed E-state index contributed by atoms with van der Waals surface area (Å²) in [5.41, 5.74) is 2.11. The summed E-state index contributed by atoms with van der Waals surface area (Å²) >= 11 is 0. The molecule has 0 bridgehead atoms. The van der Waals surface area contributed by atoms with Crippen LogP contribution in [0.1, 0.15) is 31.8 Å². The number of H-pyrrole nitrogens is 1. The lowest BCUT2D eigenvalue weighted by Crippen LogP contribution is -2.39. The minimum atomic E-state index is 0.731. The molecular weight excluding hydrogens is 236 g/mol. The molecular formula is C15H22N4. The molecule has 3 rings (SSSR count). The van der Waals surface area contributed by atoms with E-state index in [0.717, 1.165) is 53.3 Å². The zero-order valence-electron chi connectivity index (χ0n) is 12.2. The molecule has 19 heavy (non-hydrogen) atoms. The molecule has 0 spiro atoms. The van der Waals surface area contributed by atoms with Gasteiger partial charge in [0.25, 0.3) is 0 Å². The maximum atomic E-state index is 4.70. The highest BCUT2D eigenvalue weighted by Gasteiger charge is 2.24. The number of hydrogen-bond donors (Lipinski definition) is 1. The van der Waals surface area contributed by atoms with Crippen molar-refractivity contribution in [3.8, 4) is 0 Å². The summed E-state index contributed by atoms with van der Waals surface area (Å²) in [6.07, 6.45) is 1.32. The van der Waals surface area contributed by atoms with E-state index in [9.17, 15) is 0 Å². The summed E-state index contributed by atoms with van der Waals surface area (Å²) in [6, 6.07) is 2.16. The quantitative estimate of drug-likeness (QED) is 0.855. The molecule has 2 aromatic rings. The Kier molecular flexibility index (Phi) is 2.96. The van der Waals surface area contributed by atoms with Crippen LogP contribution in [0.5, 0.6) is 0 Å². The largest absolute Gasteiger partial charge is 0.355 e. The standard InChI is InChI=1S/C15H22N4/c1-9-5-10(2)8-19(7-9)15-13-6-11(3)16-14(13)17-12(4)18-15/h6,9-10H,5,7-8H2,1-4H3,(H,16,17,18). The normalized spacial score (nSPS) is 24.1. The van der Waals surface area contributed by atoms with Gasteiger partial charge in [0, 0.05) is 18.8 Å². The van der Waals surface area contributed by atoms with Gasteiger partial charge in [-0.2, -0.15) is 0 Å². The van der Waals surface area contributed by atoms with Gasteiger partial charge in [0.1, 0.15) is 17.3 Å². The van der Waals surface area contributed by atoms with Crippen molar-refractivity contribution in [3.63, 3.8) is 0 Å². The molecule has 1 aliphatic heterocycles. The third kappa shape index (κ3) is 2.31. The van der Waals surface area contributed by atoms with Crippen LogP contribution in [0.15, 0.2) is 6.07 Å². The molecule has 2 atom stereocenters. The van der Waals surface area contributed by atoms with E-state index in [4.69, 9.17) is 4.98 Å². The molecule has 3 heterocycles. The fourth-order valence-electron chi connectivity index (χ4n) is 3.31. The number of anilines is 1. The van der Waals surface area contributed by atoms with E-state index >= 15 is 0 Å². The first-order valence-electron chi connectivity index (χ1n) is 7.12. The molecule has 2 aromatic heterocycles. The number of aryl methyl sites for hydroxylation is 2. The van der Waals surface area contributed by atoms with Crippen LogP contribution in [-0.2, 0) is 0 Å². The van der Waals surface area contributed by atoms with Crippen LogP contribution in [-0.4, -0.2) is 28.0 Å². The van der Waals surface area contributed by atoms with E-state index in [0.29, 0.717) is 0 Å². The molecule has 102 valence electrons. The number of nitrogens with one attached hydrogen (secondary N) is 1. The lowest BCUT2D eigenvalue weighted by molar-refractivity contribution is 0.355. The van der Waals surface area contributed by atoms with Gasteiger partial charge in [-0.3, -0.25) is 0 Å². The zero-order valence-corrected chi connectivity index (χ0v) is 12.2. The SMILES string of the molecule is Cc1nc(N2CC(C)CC(C)C2)c2cc(C)[nH]c2n1. The average molecular weight is 258 g/mol. The molecule has 1 N–H and O–H groups in total. The van der Waals surface area contributed by atoms with E-state index in [1.165, 1.54) is 6.42 Å². The van der Waals surface area contributed by atoms with E-state index in [-0.39, 0.29) is 0 Å². The molecule has 4 heteroatoms. The van der Waals surface area contributed by atoms with Gasteiger partial charge in [-0.15, -0.1) is 0 Å². The number of aromatic amines is 1. The monoisotopic (exact) mass is 258 g/mol. The second-order valence-corrected chi connectivity index (χ2v) is 6.16. The maximum absolute atomic E-state index is 4.70. The number of rotatable bonds is 1. The van der Waals surface area contributed by atoms with Gasteiger partial charge in [-0.05, 0) is 38.2 Å². The third-order valence-electron chi connectivity index (χ3n) is 3.88. The van der Waals surface area contributed by atoms with Gasteiger partial charge in [0.05, 0.1) is 5.39 Å². The number of fused-ring (bicyclic) bond motifs is 1. The minimum absolute atomic E-state index is 0.731. The Balaban J connectivity index is 2.08. The highest BCUT2D eigenvalue weighted by molar-refractivity contribution is 5.88. The Morgan fingerprint density at radius 1 is 1.16 bits per heavy atom. The maximum Gasteiger partial charge on any atom is 0.143 e. The predicted octanol–water partition coefficient (Wildman–Crippen LogP) is 3.06. The summed E-state index contributed by atoms with van der Waals surface area (Å²) in [6.45, 7) is 10.9. The second-order valence-electron chi connectivity index (χ2n) is 6.16. The highest BCUT2D eigenvalue weighted by Crippen LogP contribution is 2.30. The van der Waals surface area contributed by atoms with Gasteiger partial charge in [0.2, 0.25) is 0 Å². The molecule has 1 saturated heterocycles. The van der Waals surface area contributed by atoms with Crippen molar-refractivity contribution in [1.82, 2.24) is 15.0 Å². The predicted molar refractivity (Wildman–Crippen MR) is 78.5 cm³/mol. The molecule has 0 saturated carbocycles. The third-order valence-corrected chi connectivity index (χ3v) is 3.88. The van der Waals surface area contributed by atoms with Crippen molar-refractivity contribution in [2.45, 2.75) is 34.1 Å². The summed E-state index contributed by atoms with van der Waals surface area (Å²) in [5.74, 6) is 3.41. The van der Waals surface area contributed by atoms with Crippen LogP contribution in [0.2, 0.25) is 0 Å². The Hall–Kier alpha value is -1.58. The van der Waals surface area contributed by atoms with Gasteiger partial charge in [-0.25, -0.2) is 9.97 Å². The molecule has 1 fully saturated rings. The van der Waals surface area contributed by atoms with Crippen molar-refractivity contribution in [3.05, 3.63) is 17.6 Å². The fraction of sp³-hybridized carbons (Fsp3) is 0.600. The lowest BCUT2D eigenvalue weighted by atomic mass is 9.92. The molecule has 0 amide bonds. The smallest absolute Gasteiger partial charge is 0.143 e. The first-order valence-corrected chi connectivity index (χ1v) is 7.12. The van der Waals surface area contributed by atoms with Crippen LogP contribution in [0.4, 0.5) is 5.82 Å². The van der Waals surface area contributed by atoms with E-state index in [2.05, 4.69) is 41.7 Å². The molecule has 4 nitrogen and oxygen atoms in total. The second kappa shape index (κ2) is 4.51. The average Bonchev–Trinajstić information content (AvgIpc) is 2.66. The van der Waals surface area contributed by atoms with Crippen LogP contribution in [0.3, 0.4) is 0 Å². The van der Waals surface area contributed by atoms with Crippen LogP contribution in [0.25, 0.3) is 11.0 Å². The molecule has 0 radical (unpaired) electrons.